The van der Waals surface area contributed by atoms with Gasteiger partial charge in [0.1, 0.15) is 0 Å². The summed E-state index contributed by atoms with van der Waals surface area (Å²) >= 11 is 0. The van der Waals surface area contributed by atoms with Crippen LogP contribution >= 0.6 is 0 Å². The summed E-state index contributed by atoms with van der Waals surface area (Å²) in [5.41, 5.74) is 2.99. The molecule has 0 saturated carbocycles. The zero-order valence-corrected chi connectivity index (χ0v) is 15.2. The Morgan fingerprint density at radius 1 is 1.22 bits per heavy atom. The number of carbonyl (C=O) groups is 2. The Kier molecular flexibility index (Phi) is 4.32. The molecule has 0 spiro atoms. The lowest BCUT2D eigenvalue weighted by atomic mass is 10.1. The standard InChI is InChI=1S/C21H20N2O4/c1-13-8-9-15(12-16(13)23-10-4-7-19(23)24)22-21(25)18-11-14-5-3-6-17(26-2)20(14)27-18/h3,5-6,8-9,11-12H,4,7,10H2,1-2H3,(H,22,25). The molecule has 2 amide bonds. The Balaban J connectivity index is 1.61. The van der Waals surface area contributed by atoms with E-state index in [0.717, 1.165) is 23.1 Å². The van der Waals surface area contributed by atoms with Crippen LogP contribution in [0.25, 0.3) is 11.0 Å². The lowest BCUT2D eigenvalue weighted by Crippen LogP contribution is -2.24. The Morgan fingerprint density at radius 2 is 2.07 bits per heavy atom. The van der Waals surface area contributed by atoms with Gasteiger partial charge in [-0.15, -0.1) is 0 Å². The maximum Gasteiger partial charge on any atom is 0.291 e. The quantitative estimate of drug-likeness (QED) is 0.756. The minimum absolute atomic E-state index is 0.117. The number of carbonyl (C=O) groups excluding carboxylic acids is 2. The van der Waals surface area contributed by atoms with Gasteiger partial charge in [-0.05, 0) is 43.2 Å². The van der Waals surface area contributed by atoms with Crippen molar-refractivity contribution in [1.29, 1.82) is 0 Å². The molecule has 6 heteroatoms. The van der Waals surface area contributed by atoms with Crippen LogP contribution in [0.4, 0.5) is 11.4 Å². The first kappa shape index (κ1) is 17.1. The molecule has 1 N–H and O–H groups in total. The first-order valence-electron chi connectivity index (χ1n) is 8.86. The molecule has 1 aliphatic heterocycles. The highest BCUT2D eigenvalue weighted by atomic mass is 16.5. The van der Waals surface area contributed by atoms with E-state index in [1.54, 1.807) is 24.1 Å². The van der Waals surface area contributed by atoms with Gasteiger partial charge in [0.2, 0.25) is 5.91 Å². The number of hydrogen-bond donors (Lipinski definition) is 1. The first-order valence-corrected chi connectivity index (χ1v) is 8.86. The van der Waals surface area contributed by atoms with Gasteiger partial charge in [-0.3, -0.25) is 9.59 Å². The zero-order valence-electron chi connectivity index (χ0n) is 15.2. The van der Waals surface area contributed by atoms with E-state index in [4.69, 9.17) is 9.15 Å². The van der Waals surface area contributed by atoms with Gasteiger partial charge in [0, 0.05) is 29.7 Å². The van der Waals surface area contributed by atoms with Gasteiger partial charge in [-0.1, -0.05) is 18.2 Å². The number of amides is 2. The van der Waals surface area contributed by atoms with Gasteiger partial charge in [0.15, 0.2) is 17.1 Å². The van der Waals surface area contributed by atoms with Crippen molar-refractivity contribution in [3.05, 3.63) is 53.8 Å². The number of furan rings is 1. The molecule has 6 nitrogen and oxygen atoms in total. The molecule has 1 fully saturated rings. The molecule has 1 saturated heterocycles. The summed E-state index contributed by atoms with van der Waals surface area (Å²) in [5, 5.41) is 3.65. The molecule has 4 rings (SSSR count). The third-order valence-electron chi connectivity index (χ3n) is 4.78. The molecule has 1 aromatic heterocycles. The van der Waals surface area contributed by atoms with Gasteiger partial charge in [0.25, 0.3) is 5.91 Å². The number of ether oxygens (including phenoxy) is 1. The topological polar surface area (TPSA) is 71.8 Å². The lowest BCUT2D eigenvalue weighted by Gasteiger charge is -2.19. The third-order valence-corrected chi connectivity index (χ3v) is 4.78. The Bertz CT molecular complexity index is 1040. The summed E-state index contributed by atoms with van der Waals surface area (Å²) in [5.74, 6) is 0.548. The average Bonchev–Trinajstić information content (AvgIpc) is 3.29. The molecule has 27 heavy (non-hydrogen) atoms. The second kappa shape index (κ2) is 6.79. The van der Waals surface area contributed by atoms with E-state index in [9.17, 15) is 9.59 Å². The number of hydrogen-bond acceptors (Lipinski definition) is 4. The largest absolute Gasteiger partial charge is 0.493 e. The van der Waals surface area contributed by atoms with Crippen LogP contribution in [-0.2, 0) is 4.79 Å². The van der Waals surface area contributed by atoms with E-state index in [1.165, 1.54) is 0 Å². The monoisotopic (exact) mass is 364 g/mol. The fraction of sp³-hybridized carbons (Fsp3) is 0.238. The van der Waals surface area contributed by atoms with Crippen LogP contribution in [0.15, 0.2) is 46.9 Å². The van der Waals surface area contributed by atoms with Crippen LogP contribution in [0, 0.1) is 6.92 Å². The van der Waals surface area contributed by atoms with Crippen molar-refractivity contribution < 1.29 is 18.7 Å². The Labute approximate surface area is 156 Å². The molecule has 0 radical (unpaired) electrons. The molecule has 0 aliphatic carbocycles. The average molecular weight is 364 g/mol. The summed E-state index contributed by atoms with van der Waals surface area (Å²) in [6.45, 7) is 2.67. The second-order valence-corrected chi connectivity index (χ2v) is 6.59. The highest BCUT2D eigenvalue weighted by molar-refractivity contribution is 6.05. The Morgan fingerprint density at radius 3 is 2.81 bits per heavy atom. The smallest absolute Gasteiger partial charge is 0.291 e. The third kappa shape index (κ3) is 3.14. The van der Waals surface area contributed by atoms with Crippen LogP contribution in [0.5, 0.6) is 5.75 Å². The molecule has 138 valence electrons. The predicted molar refractivity (Wildman–Crippen MR) is 103 cm³/mol. The number of anilines is 2. The van der Waals surface area contributed by atoms with Gasteiger partial charge >= 0.3 is 0 Å². The fourth-order valence-corrected chi connectivity index (χ4v) is 3.38. The summed E-state index contributed by atoms with van der Waals surface area (Å²) in [6.07, 6.45) is 1.42. The molecule has 3 aromatic rings. The molecule has 2 heterocycles. The highest BCUT2D eigenvalue weighted by Crippen LogP contribution is 2.30. The van der Waals surface area contributed by atoms with E-state index in [0.29, 0.717) is 30.0 Å². The predicted octanol–water partition coefficient (Wildman–Crippen LogP) is 4.13. The van der Waals surface area contributed by atoms with Crippen molar-refractivity contribution in [3.8, 4) is 5.75 Å². The van der Waals surface area contributed by atoms with Crippen molar-refractivity contribution >= 4 is 34.2 Å². The van der Waals surface area contributed by atoms with Crippen LogP contribution < -0.4 is 15.0 Å². The number of nitrogens with one attached hydrogen (secondary N) is 1. The van der Waals surface area contributed by atoms with Crippen molar-refractivity contribution in [1.82, 2.24) is 0 Å². The van der Waals surface area contributed by atoms with E-state index in [2.05, 4.69) is 5.32 Å². The van der Waals surface area contributed by atoms with Gasteiger partial charge in [-0.2, -0.15) is 0 Å². The minimum atomic E-state index is -0.351. The van der Waals surface area contributed by atoms with Gasteiger partial charge in [0.05, 0.1) is 7.11 Å². The van der Waals surface area contributed by atoms with E-state index in [-0.39, 0.29) is 17.6 Å². The van der Waals surface area contributed by atoms with Crippen molar-refractivity contribution in [3.63, 3.8) is 0 Å². The van der Waals surface area contributed by atoms with Crippen LogP contribution in [-0.4, -0.2) is 25.5 Å². The highest BCUT2D eigenvalue weighted by Gasteiger charge is 2.23. The molecule has 1 aliphatic rings. The van der Waals surface area contributed by atoms with Gasteiger partial charge < -0.3 is 19.4 Å². The maximum absolute atomic E-state index is 12.6. The van der Waals surface area contributed by atoms with Crippen LogP contribution in [0.3, 0.4) is 0 Å². The Hall–Kier alpha value is -3.28. The number of aryl methyl sites for hydroxylation is 1. The van der Waals surface area contributed by atoms with Crippen LogP contribution in [0.1, 0.15) is 29.0 Å². The number of rotatable bonds is 4. The molecule has 0 atom stereocenters. The number of para-hydroxylation sites is 1. The molecular formula is C21H20N2O4. The number of nitrogens with zero attached hydrogens (tertiary/aromatic N) is 1. The summed E-state index contributed by atoms with van der Waals surface area (Å²) < 4.78 is 11.0. The van der Waals surface area contributed by atoms with Crippen molar-refractivity contribution in [2.75, 3.05) is 23.9 Å². The maximum atomic E-state index is 12.6. The molecular weight excluding hydrogens is 344 g/mol. The number of fused-ring (bicyclic) bond motifs is 1. The summed E-state index contributed by atoms with van der Waals surface area (Å²) in [7, 11) is 1.56. The van der Waals surface area contributed by atoms with E-state index in [1.807, 2.05) is 37.3 Å². The molecule has 0 unspecified atom stereocenters. The van der Waals surface area contributed by atoms with Crippen LogP contribution in [0.2, 0.25) is 0 Å². The fourth-order valence-electron chi connectivity index (χ4n) is 3.38. The summed E-state index contributed by atoms with van der Waals surface area (Å²) in [4.78, 5) is 26.5. The minimum Gasteiger partial charge on any atom is -0.493 e. The van der Waals surface area contributed by atoms with E-state index >= 15 is 0 Å². The first-order chi connectivity index (χ1) is 13.1. The van der Waals surface area contributed by atoms with Crippen molar-refractivity contribution in [2.24, 2.45) is 0 Å². The normalized spacial score (nSPS) is 14.0. The number of benzene rings is 2. The van der Waals surface area contributed by atoms with Gasteiger partial charge in [-0.25, -0.2) is 0 Å². The second-order valence-electron chi connectivity index (χ2n) is 6.59. The molecule has 2 aromatic carbocycles. The zero-order chi connectivity index (χ0) is 19.0. The van der Waals surface area contributed by atoms with Crippen molar-refractivity contribution in [2.45, 2.75) is 19.8 Å². The lowest BCUT2D eigenvalue weighted by molar-refractivity contribution is -0.117. The SMILES string of the molecule is COc1cccc2cc(C(=O)Nc3ccc(C)c(N4CCCC4=O)c3)oc12. The molecule has 0 bridgehead atoms. The van der Waals surface area contributed by atoms with E-state index < -0.39 is 0 Å². The number of methoxy groups -OCH3 is 1. The summed E-state index contributed by atoms with van der Waals surface area (Å²) in [6, 6.07) is 12.7.